The molecule has 11 atom stereocenters. The molecule has 2 saturated heterocycles. The number of thioether (sulfide) groups is 2. The van der Waals surface area contributed by atoms with Gasteiger partial charge in [-0.05, 0) is 62.1 Å². The molecule has 2 aliphatic rings. The molecule has 2 bridgehead atoms. The van der Waals surface area contributed by atoms with Crippen LogP contribution in [-0.2, 0) is 47.8 Å². The zero-order valence-corrected chi connectivity index (χ0v) is 48.5. The van der Waals surface area contributed by atoms with Crippen LogP contribution in [0.1, 0.15) is 75.9 Å². The maximum absolute atomic E-state index is 15.5. The summed E-state index contributed by atoms with van der Waals surface area (Å²) in [5.41, 5.74) is 1.39. The third-order valence-corrected chi connectivity index (χ3v) is 17.4. The Balaban J connectivity index is 1.46. The maximum atomic E-state index is 15.5. The van der Waals surface area contributed by atoms with Crippen molar-refractivity contribution in [2.24, 2.45) is 17.8 Å². The third-order valence-electron chi connectivity index (χ3n) is 14.6. The van der Waals surface area contributed by atoms with Gasteiger partial charge >= 0.3 is 11.9 Å². The van der Waals surface area contributed by atoms with Gasteiger partial charge in [0.25, 0.3) is 11.8 Å². The molecular formula is C54H70N12O12S2. The minimum Gasteiger partial charge on any atom is -0.461 e. The highest BCUT2D eigenvalue weighted by Crippen LogP contribution is 2.33. The number of rotatable bonds is 9. The highest BCUT2D eigenvalue weighted by atomic mass is 32.2. The number of carbonyl (C=O) groups is 10. The monoisotopic (exact) mass is 1140 g/mol. The van der Waals surface area contributed by atoms with Gasteiger partial charge in [-0.3, -0.25) is 48.3 Å². The lowest BCUT2D eigenvalue weighted by molar-refractivity contribution is -0.161. The van der Waals surface area contributed by atoms with E-state index in [0.29, 0.717) is 28.5 Å². The van der Waals surface area contributed by atoms with Gasteiger partial charge in [0.1, 0.15) is 72.9 Å². The maximum Gasteiger partial charge on any atom is 0.329 e. The summed E-state index contributed by atoms with van der Waals surface area (Å²) in [4.78, 5) is 168. The molecule has 0 spiro atoms. The summed E-state index contributed by atoms with van der Waals surface area (Å²) >= 11 is 2.18. The van der Waals surface area contributed by atoms with Crippen molar-refractivity contribution in [1.29, 1.82) is 0 Å². The predicted octanol–water partition coefficient (Wildman–Crippen LogP) is 1.66. The fourth-order valence-corrected chi connectivity index (χ4v) is 11.8. The molecule has 4 aromatic rings. The number of likely N-dealkylation sites (N-methyl/N-ethyl adjacent to an activating group) is 4. The number of benzene rings is 2. The summed E-state index contributed by atoms with van der Waals surface area (Å²) < 4.78 is 10.7. The summed E-state index contributed by atoms with van der Waals surface area (Å²) in [6.45, 7) is 10.00. The molecule has 0 radical (unpaired) electrons. The molecule has 6 rings (SSSR count). The zero-order chi connectivity index (χ0) is 58.9. The van der Waals surface area contributed by atoms with Crippen LogP contribution >= 0.6 is 23.5 Å². The van der Waals surface area contributed by atoms with Crippen LogP contribution < -0.4 is 21.3 Å². The summed E-state index contributed by atoms with van der Waals surface area (Å²) in [6.07, 6.45) is 4.42. The molecule has 4 N–H and O–H groups in total. The second-order valence-corrected chi connectivity index (χ2v) is 22.8. The quantitative estimate of drug-likeness (QED) is 0.173. The first-order valence-corrected chi connectivity index (χ1v) is 28.4. The van der Waals surface area contributed by atoms with Gasteiger partial charge in [-0.25, -0.2) is 19.6 Å². The second-order valence-electron chi connectivity index (χ2n) is 20.3. The van der Waals surface area contributed by atoms with Crippen LogP contribution in [0.25, 0.3) is 22.1 Å². The molecule has 24 nitrogen and oxygen atoms in total. The van der Waals surface area contributed by atoms with Gasteiger partial charge in [0.2, 0.25) is 35.4 Å². The number of para-hydroxylation sites is 4. The Kier molecular flexibility index (Phi) is 20.9. The van der Waals surface area contributed by atoms with E-state index in [0.717, 1.165) is 43.1 Å². The molecule has 26 heteroatoms. The van der Waals surface area contributed by atoms with Crippen molar-refractivity contribution < 1.29 is 57.4 Å². The van der Waals surface area contributed by atoms with Crippen molar-refractivity contribution in [3.05, 3.63) is 72.3 Å². The van der Waals surface area contributed by atoms with E-state index in [9.17, 15) is 38.4 Å². The van der Waals surface area contributed by atoms with Crippen LogP contribution in [0.4, 0.5) is 0 Å². The number of ether oxygens (including phenoxy) is 2. The van der Waals surface area contributed by atoms with Gasteiger partial charge in [-0.1, -0.05) is 65.3 Å². The van der Waals surface area contributed by atoms with Gasteiger partial charge in [-0.15, -0.1) is 23.5 Å². The number of esters is 2. The van der Waals surface area contributed by atoms with Gasteiger partial charge in [0.05, 0.1) is 39.0 Å². The number of nitrogens with zero attached hydrogens (tertiary/aromatic N) is 8. The van der Waals surface area contributed by atoms with E-state index in [2.05, 4.69) is 41.2 Å². The van der Waals surface area contributed by atoms with Crippen molar-refractivity contribution in [3.63, 3.8) is 0 Å². The Morgan fingerprint density at radius 3 is 1.54 bits per heavy atom. The number of cyclic esters (lactones) is 2. The predicted molar refractivity (Wildman–Crippen MR) is 298 cm³/mol. The van der Waals surface area contributed by atoms with Crippen molar-refractivity contribution in [2.75, 3.05) is 53.4 Å². The lowest BCUT2D eigenvalue weighted by Gasteiger charge is -2.40. The lowest BCUT2D eigenvalue weighted by Crippen LogP contribution is -2.61. The number of fused-ring (bicyclic) bond motifs is 6. The summed E-state index contributed by atoms with van der Waals surface area (Å²) in [5.74, 6) is -10.5. The van der Waals surface area contributed by atoms with Gasteiger partial charge in [-0.2, -0.15) is 0 Å². The number of hydrogen-bond acceptors (Lipinski definition) is 18. The topological polar surface area (TPSA) is 302 Å². The number of aromatic nitrogens is 4. The Labute approximate surface area is 472 Å². The Morgan fingerprint density at radius 2 is 1.09 bits per heavy atom. The summed E-state index contributed by atoms with van der Waals surface area (Å²) in [5, 5.41) is 10.3. The molecule has 4 heterocycles. The highest BCUT2D eigenvalue weighted by Gasteiger charge is 2.46. The van der Waals surface area contributed by atoms with E-state index in [-0.39, 0.29) is 23.1 Å². The van der Waals surface area contributed by atoms with Crippen LogP contribution in [0.2, 0.25) is 0 Å². The van der Waals surface area contributed by atoms with E-state index in [1.54, 1.807) is 75.6 Å². The second kappa shape index (κ2) is 27.1. The van der Waals surface area contributed by atoms with Gasteiger partial charge in [0.15, 0.2) is 0 Å². The van der Waals surface area contributed by atoms with Crippen molar-refractivity contribution >= 4 is 105 Å². The van der Waals surface area contributed by atoms with Crippen LogP contribution in [0, 0.1) is 17.8 Å². The Hall–Kier alpha value is -7.48. The van der Waals surface area contributed by atoms with E-state index < -0.39 is 137 Å². The number of amides is 8. The van der Waals surface area contributed by atoms with E-state index in [1.165, 1.54) is 54.4 Å². The van der Waals surface area contributed by atoms with Gasteiger partial charge in [0, 0.05) is 33.9 Å². The number of hydrogen-bond donors (Lipinski definition) is 4. The van der Waals surface area contributed by atoms with E-state index in [4.69, 9.17) is 9.47 Å². The molecule has 0 saturated carbocycles. The average Bonchev–Trinajstić information content (AvgIpc) is 3.44. The van der Waals surface area contributed by atoms with Crippen molar-refractivity contribution in [3.8, 4) is 0 Å². The molecule has 0 aliphatic carbocycles. The first-order chi connectivity index (χ1) is 37.9. The third kappa shape index (κ3) is 14.1. The molecular weight excluding hydrogens is 1070 g/mol. The fourth-order valence-electron chi connectivity index (χ4n) is 9.21. The lowest BCUT2D eigenvalue weighted by atomic mass is 9.89. The van der Waals surface area contributed by atoms with E-state index >= 15 is 9.59 Å². The smallest absolute Gasteiger partial charge is 0.329 e. The summed E-state index contributed by atoms with van der Waals surface area (Å²) in [7, 11) is 5.40. The first-order valence-electron chi connectivity index (χ1n) is 26.1. The average molecular weight is 1140 g/mol. The number of nitrogens with one attached hydrogen (secondary N) is 4. The standard InChI is InChI=1S/C54H70N12O12S2/c1-13-28(4)41-52(75)77-24-38(61-44(67)36-22-55-32-18-14-16-20-34(32)59-36)47(70)58-31(7)49(72)66(11)43-51(74)65(10)42(29(5)27(2)3)53(76)78-25-39(62-45(68)37-23-56-33-19-15-17-21-35(33)60-37)46(69)57-30(6)48(71)63(8)40(50(73)64(41)9)26-80-54(43)79-12/h14-23,27-31,38-43,54H,13,24-26H2,1-12H3,(H,57,69)(H,58,70)(H,61,67)(H,62,68). The minimum absolute atomic E-state index is 0.179. The van der Waals surface area contributed by atoms with Crippen LogP contribution in [0.5, 0.6) is 0 Å². The molecule has 2 aliphatic heterocycles. The zero-order valence-electron chi connectivity index (χ0n) is 46.8. The van der Waals surface area contributed by atoms with Gasteiger partial charge < -0.3 is 50.3 Å². The normalized spacial score (nSPS) is 25.6. The van der Waals surface area contributed by atoms with Crippen molar-refractivity contribution in [1.82, 2.24) is 60.8 Å². The van der Waals surface area contributed by atoms with Crippen molar-refractivity contribution in [2.45, 2.75) is 108 Å². The molecule has 2 aromatic carbocycles. The fraction of sp³-hybridized carbons (Fsp3) is 0.519. The minimum atomic E-state index is -1.67. The Bertz CT molecular complexity index is 3010. The molecule has 2 aromatic heterocycles. The van der Waals surface area contributed by atoms with Crippen LogP contribution in [0.15, 0.2) is 60.9 Å². The molecule has 2 fully saturated rings. The molecule has 80 heavy (non-hydrogen) atoms. The molecule has 8 amide bonds. The van der Waals surface area contributed by atoms with Crippen LogP contribution in [0.3, 0.4) is 0 Å². The number of carbonyl (C=O) groups excluding carboxylic acids is 10. The Morgan fingerprint density at radius 1 is 0.650 bits per heavy atom. The van der Waals surface area contributed by atoms with Crippen LogP contribution in [-0.4, -0.2) is 205 Å². The SMILES string of the molecule is CCC(C)C1C(=O)OCC(NC(=O)c2cnc3ccccc3n2)C(=O)NC(C)C(=O)N(C)C2C(=O)N(C)C(C(C)C(C)C)C(=O)OCC(NC(=O)c3cnc4ccccc4n3)C(=O)NC(C)C(=O)N(C)C(CSC2SC)C(=O)N1C. The molecule has 430 valence electrons. The largest absolute Gasteiger partial charge is 0.461 e. The van der Waals surface area contributed by atoms with E-state index in [1.807, 2.05) is 13.8 Å². The summed E-state index contributed by atoms with van der Waals surface area (Å²) in [6, 6.07) is 1.80. The molecule has 11 unspecified atom stereocenters. The highest BCUT2D eigenvalue weighted by molar-refractivity contribution is 8.16. The first kappa shape index (κ1) is 61.7.